The molecule has 0 aliphatic heterocycles. The summed E-state index contributed by atoms with van der Waals surface area (Å²) in [6, 6.07) is 52.6. The molecule has 0 aliphatic rings. The molecular weight excluding hydrogens is 611 g/mol. The molecule has 5 heterocycles. The number of aromatic nitrogens is 5. The van der Waals surface area contributed by atoms with Crippen LogP contribution in [0.2, 0.25) is 0 Å². The largest absolute Gasteiger partial charge is 0.255 e. The lowest BCUT2D eigenvalue weighted by Gasteiger charge is -2.13. The Morgan fingerprint density at radius 1 is 0.320 bits per heavy atom. The summed E-state index contributed by atoms with van der Waals surface area (Å²) in [7, 11) is 0. The molecule has 5 aromatic heterocycles. The van der Waals surface area contributed by atoms with Crippen molar-refractivity contribution in [2.45, 2.75) is 0 Å². The molecule has 0 atom stereocenters. The van der Waals surface area contributed by atoms with Crippen molar-refractivity contribution in [1.29, 1.82) is 0 Å². The predicted octanol–water partition coefficient (Wildman–Crippen LogP) is 11.1. The van der Waals surface area contributed by atoms with E-state index in [9.17, 15) is 0 Å². The van der Waals surface area contributed by atoms with Crippen molar-refractivity contribution in [3.05, 3.63) is 164 Å². The monoisotopic (exact) mass is 637 g/mol. The lowest BCUT2D eigenvalue weighted by molar-refractivity contribution is 1.28. The molecule has 0 aliphatic carbocycles. The van der Waals surface area contributed by atoms with Gasteiger partial charge in [0.15, 0.2) is 0 Å². The highest BCUT2D eigenvalue weighted by atomic mass is 14.8. The van der Waals surface area contributed by atoms with Gasteiger partial charge in [0.1, 0.15) is 0 Å². The Hall–Kier alpha value is -6.85. The number of fused-ring (bicyclic) bond motifs is 6. The van der Waals surface area contributed by atoms with Crippen LogP contribution in [0.25, 0.3) is 99.4 Å². The van der Waals surface area contributed by atoms with Gasteiger partial charge in [-0.25, -0.2) is 15.0 Å². The van der Waals surface area contributed by atoms with Crippen LogP contribution in [0, 0.1) is 0 Å². The van der Waals surface area contributed by atoms with Crippen LogP contribution in [0.5, 0.6) is 0 Å². The van der Waals surface area contributed by atoms with Crippen LogP contribution in [0.4, 0.5) is 0 Å². The molecule has 0 bridgehead atoms. The summed E-state index contributed by atoms with van der Waals surface area (Å²) in [4.78, 5) is 24.4. The second-order valence-electron chi connectivity index (χ2n) is 12.5. The second-order valence-corrected chi connectivity index (χ2v) is 12.5. The molecule has 0 fully saturated rings. The molecule has 10 rings (SSSR count). The first-order valence-corrected chi connectivity index (χ1v) is 16.7. The average molecular weight is 638 g/mol. The molecule has 5 heteroatoms. The summed E-state index contributed by atoms with van der Waals surface area (Å²) in [6.45, 7) is 0. The number of hydrogen-bond acceptors (Lipinski definition) is 5. The van der Waals surface area contributed by atoms with Crippen LogP contribution in [-0.2, 0) is 0 Å². The average Bonchev–Trinajstić information content (AvgIpc) is 3.19. The minimum atomic E-state index is 0.866. The van der Waals surface area contributed by atoms with E-state index >= 15 is 0 Å². The number of rotatable bonds is 4. The first-order chi connectivity index (χ1) is 24.7. The van der Waals surface area contributed by atoms with Crippen LogP contribution in [0.15, 0.2) is 164 Å². The maximum Gasteiger partial charge on any atom is 0.0972 e. The lowest BCUT2D eigenvalue weighted by atomic mass is 9.95. The van der Waals surface area contributed by atoms with Gasteiger partial charge in [-0.1, -0.05) is 97.1 Å². The fraction of sp³-hybridized carbons (Fsp3) is 0. The summed E-state index contributed by atoms with van der Waals surface area (Å²) in [5, 5.41) is 6.63. The van der Waals surface area contributed by atoms with Gasteiger partial charge in [-0.2, -0.15) is 0 Å². The van der Waals surface area contributed by atoms with Crippen molar-refractivity contribution in [2.24, 2.45) is 0 Å². The molecule has 50 heavy (non-hydrogen) atoms. The van der Waals surface area contributed by atoms with Crippen molar-refractivity contribution in [2.75, 3.05) is 0 Å². The number of pyridine rings is 5. The maximum absolute atomic E-state index is 5.16. The first-order valence-electron chi connectivity index (χ1n) is 16.7. The Bertz CT molecular complexity index is 2940. The lowest BCUT2D eigenvalue weighted by Crippen LogP contribution is -1.92. The molecule has 0 radical (unpaired) electrons. The van der Waals surface area contributed by atoms with Gasteiger partial charge in [-0.15, -0.1) is 0 Å². The minimum absolute atomic E-state index is 0.866. The molecular formula is C45H27N5. The molecule has 0 spiro atoms. The van der Waals surface area contributed by atoms with E-state index < -0.39 is 0 Å². The van der Waals surface area contributed by atoms with Gasteiger partial charge >= 0.3 is 0 Å². The van der Waals surface area contributed by atoms with E-state index in [0.29, 0.717) is 0 Å². The minimum Gasteiger partial charge on any atom is -0.255 e. The van der Waals surface area contributed by atoms with Gasteiger partial charge in [-0.3, -0.25) is 9.97 Å². The molecule has 5 aromatic carbocycles. The highest BCUT2D eigenvalue weighted by Crippen LogP contribution is 2.37. The van der Waals surface area contributed by atoms with Gasteiger partial charge in [0.2, 0.25) is 0 Å². The third kappa shape index (κ3) is 4.75. The van der Waals surface area contributed by atoms with Gasteiger partial charge in [0, 0.05) is 45.1 Å². The van der Waals surface area contributed by atoms with E-state index in [-0.39, 0.29) is 0 Å². The SMILES string of the molecule is c1ccc(-c2ccc3ccc(-c4ccc5nc(-c6ccc(-c7ccc8ccc9cccnc9c8n7)c7ccccc67)ccc5c4)cc3n2)nc1. The van der Waals surface area contributed by atoms with Gasteiger partial charge in [-0.05, 0) is 76.5 Å². The van der Waals surface area contributed by atoms with Crippen LogP contribution in [0.1, 0.15) is 0 Å². The number of nitrogens with zero attached hydrogens (tertiary/aromatic N) is 5. The summed E-state index contributed by atoms with van der Waals surface area (Å²) >= 11 is 0. The highest BCUT2D eigenvalue weighted by Gasteiger charge is 2.14. The topological polar surface area (TPSA) is 64.5 Å². The fourth-order valence-electron chi connectivity index (χ4n) is 7.03. The standard InChI is InChI=1S/C45H27N5/c1-2-8-35-34(7-1)36(18-19-37(35)40-21-15-30-12-11-29-6-5-25-47-44(29)45(30)50-40)39-22-17-33-26-31(16-20-38(33)48-39)32-13-10-28-14-23-42(49-43(28)27-32)41-9-3-4-24-46-41/h1-27H. The Balaban J connectivity index is 1.02. The van der Waals surface area contributed by atoms with E-state index in [1.165, 1.54) is 0 Å². The summed E-state index contributed by atoms with van der Waals surface area (Å²) in [5.41, 5.74) is 11.7. The number of hydrogen-bond donors (Lipinski definition) is 0. The zero-order valence-electron chi connectivity index (χ0n) is 26.8. The third-order valence-electron chi connectivity index (χ3n) is 9.55. The summed E-state index contributed by atoms with van der Waals surface area (Å²) in [5.74, 6) is 0. The van der Waals surface area contributed by atoms with E-state index in [0.717, 1.165) is 99.4 Å². The molecule has 10 aromatic rings. The normalized spacial score (nSPS) is 11.6. The third-order valence-corrected chi connectivity index (χ3v) is 9.55. The quantitative estimate of drug-likeness (QED) is 0.180. The van der Waals surface area contributed by atoms with Crippen LogP contribution in [-0.4, -0.2) is 24.9 Å². The van der Waals surface area contributed by atoms with E-state index in [4.69, 9.17) is 15.0 Å². The fourth-order valence-corrected chi connectivity index (χ4v) is 7.03. The van der Waals surface area contributed by atoms with Crippen LogP contribution >= 0.6 is 0 Å². The Morgan fingerprint density at radius 3 is 1.76 bits per heavy atom. The molecule has 0 saturated heterocycles. The molecule has 232 valence electrons. The highest BCUT2D eigenvalue weighted by molar-refractivity contribution is 6.07. The van der Waals surface area contributed by atoms with E-state index in [1.807, 2.05) is 36.5 Å². The smallest absolute Gasteiger partial charge is 0.0972 e. The molecule has 0 amide bonds. The van der Waals surface area contributed by atoms with Crippen molar-refractivity contribution in [1.82, 2.24) is 24.9 Å². The molecule has 0 N–H and O–H groups in total. The zero-order chi connectivity index (χ0) is 33.0. The summed E-state index contributed by atoms with van der Waals surface area (Å²) in [6.07, 6.45) is 3.63. The summed E-state index contributed by atoms with van der Waals surface area (Å²) < 4.78 is 0. The van der Waals surface area contributed by atoms with Crippen molar-refractivity contribution in [3.63, 3.8) is 0 Å². The maximum atomic E-state index is 5.16. The van der Waals surface area contributed by atoms with Crippen molar-refractivity contribution >= 4 is 54.4 Å². The Morgan fingerprint density at radius 2 is 0.940 bits per heavy atom. The zero-order valence-corrected chi connectivity index (χ0v) is 26.8. The Kier molecular flexibility index (Phi) is 6.42. The van der Waals surface area contributed by atoms with E-state index in [2.05, 4.69) is 131 Å². The molecule has 0 saturated carbocycles. The predicted molar refractivity (Wildman–Crippen MR) is 205 cm³/mol. The molecule has 0 unspecified atom stereocenters. The van der Waals surface area contributed by atoms with Crippen LogP contribution < -0.4 is 0 Å². The first kappa shape index (κ1) is 28.2. The van der Waals surface area contributed by atoms with E-state index in [1.54, 1.807) is 6.20 Å². The van der Waals surface area contributed by atoms with Crippen molar-refractivity contribution in [3.8, 4) is 45.0 Å². The Labute approximate surface area is 287 Å². The van der Waals surface area contributed by atoms with Crippen molar-refractivity contribution < 1.29 is 0 Å². The van der Waals surface area contributed by atoms with Gasteiger partial charge in [0.25, 0.3) is 0 Å². The van der Waals surface area contributed by atoms with Crippen LogP contribution in [0.3, 0.4) is 0 Å². The molecule has 5 nitrogen and oxygen atoms in total. The number of benzene rings is 5. The van der Waals surface area contributed by atoms with Gasteiger partial charge < -0.3 is 0 Å². The van der Waals surface area contributed by atoms with Gasteiger partial charge in [0.05, 0.1) is 44.8 Å². The second kappa shape index (κ2) is 11.4.